The van der Waals surface area contributed by atoms with Crippen LogP contribution in [-0.4, -0.2) is 39.6 Å². The Morgan fingerprint density at radius 3 is 0.644 bits per heavy atom. The van der Waals surface area contributed by atoms with Crippen molar-refractivity contribution < 1.29 is 24.3 Å². The monoisotopic (exact) mass is 643 g/mol. The van der Waals surface area contributed by atoms with Crippen LogP contribution in [0.15, 0.2) is 0 Å². The Bertz CT molecular complexity index is 447. The first-order valence-corrected chi connectivity index (χ1v) is 20.5. The zero-order chi connectivity index (χ0) is 32.4. The lowest BCUT2D eigenvalue weighted by Crippen LogP contribution is -2.10. The third-order valence-electron chi connectivity index (χ3n) is 8.95. The van der Waals surface area contributed by atoms with E-state index in [0.717, 1.165) is 12.8 Å². The molecule has 0 fully saturated rings. The van der Waals surface area contributed by atoms with Crippen molar-refractivity contribution in [1.29, 1.82) is 0 Å². The lowest BCUT2D eigenvalue weighted by atomic mass is 10.0. The molecule has 0 aliphatic rings. The summed E-state index contributed by atoms with van der Waals surface area (Å²) in [6, 6.07) is 0. The maximum Gasteiger partial charge on any atom is 0.106 e. The van der Waals surface area contributed by atoms with Gasteiger partial charge in [-0.25, -0.2) is 19.6 Å². The second-order valence-electron chi connectivity index (χ2n) is 13.5. The van der Waals surface area contributed by atoms with E-state index < -0.39 is 0 Å². The van der Waals surface area contributed by atoms with Crippen molar-refractivity contribution >= 4 is 0 Å². The summed E-state index contributed by atoms with van der Waals surface area (Å²) < 4.78 is 5.50. The van der Waals surface area contributed by atoms with Gasteiger partial charge in [0.1, 0.15) is 13.2 Å². The predicted molar refractivity (Wildman–Crippen MR) is 194 cm³/mol. The summed E-state index contributed by atoms with van der Waals surface area (Å²) in [5.74, 6) is 0. The van der Waals surface area contributed by atoms with E-state index in [9.17, 15) is 0 Å². The first-order valence-electron chi connectivity index (χ1n) is 20.5. The number of unbranched alkanes of at least 4 members (excludes halogenated alkanes) is 30. The number of ether oxygens (including phenoxy) is 1. The molecule has 0 aromatic carbocycles. The molecule has 0 aliphatic carbocycles. The molecule has 0 spiro atoms. The maximum absolute atomic E-state index is 5.50. The molecule has 0 heterocycles. The second-order valence-corrected chi connectivity index (χ2v) is 13.5. The Balaban J connectivity index is 3.03. The van der Waals surface area contributed by atoms with Crippen molar-refractivity contribution in [2.24, 2.45) is 0 Å². The Morgan fingerprint density at radius 1 is 0.200 bits per heavy atom. The van der Waals surface area contributed by atoms with E-state index in [1.807, 2.05) is 0 Å². The van der Waals surface area contributed by atoms with E-state index in [2.05, 4.69) is 13.8 Å². The quantitative estimate of drug-likeness (QED) is 0.0376. The van der Waals surface area contributed by atoms with E-state index in [1.165, 1.54) is 193 Å². The highest BCUT2D eigenvalue weighted by Crippen LogP contribution is 2.15. The minimum Gasteiger partial charge on any atom is -0.376 e. The molecule has 5 heteroatoms. The summed E-state index contributed by atoms with van der Waals surface area (Å²) in [5, 5.41) is 0. The first-order chi connectivity index (χ1) is 22.4. The highest BCUT2D eigenvalue weighted by Gasteiger charge is 1.98. The molecule has 0 N–H and O–H groups in total. The Kier molecular flexibility index (Phi) is 43.6. The third-order valence-corrected chi connectivity index (χ3v) is 8.95. The highest BCUT2D eigenvalue weighted by molar-refractivity contribution is 4.51. The van der Waals surface area contributed by atoms with Crippen LogP contribution in [0, 0.1) is 0 Å². The van der Waals surface area contributed by atoms with Crippen LogP contribution >= 0.6 is 0 Å². The van der Waals surface area contributed by atoms with Gasteiger partial charge in [-0.15, -0.1) is 0 Å². The van der Waals surface area contributed by atoms with Crippen LogP contribution in [0.3, 0.4) is 0 Å². The average molecular weight is 643 g/mol. The van der Waals surface area contributed by atoms with Crippen molar-refractivity contribution in [3.8, 4) is 0 Å². The molecule has 0 rings (SSSR count). The molecule has 0 aliphatic heterocycles. The molecular weight excluding hydrogens is 560 g/mol. The topological polar surface area (TPSA) is 46.2 Å². The lowest BCUT2D eigenvalue weighted by Gasteiger charge is -2.07. The number of hydrogen-bond acceptors (Lipinski definition) is 5. The minimum atomic E-state index is 0.457. The molecule has 0 atom stereocenters. The van der Waals surface area contributed by atoms with E-state index in [-0.39, 0.29) is 0 Å². The summed E-state index contributed by atoms with van der Waals surface area (Å²) in [6.07, 6.45) is 44.2. The van der Waals surface area contributed by atoms with Crippen LogP contribution in [-0.2, 0) is 24.3 Å². The van der Waals surface area contributed by atoms with Crippen molar-refractivity contribution in [2.75, 3.05) is 39.6 Å². The van der Waals surface area contributed by atoms with Gasteiger partial charge >= 0.3 is 0 Å². The summed E-state index contributed by atoms with van der Waals surface area (Å²) in [4.78, 5) is 20.9. The molecule has 0 aromatic heterocycles. The number of rotatable bonds is 42. The van der Waals surface area contributed by atoms with E-state index >= 15 is 0 Å². The van der Waals surface area contributed by atoms with Crippen LogP contribution in [0.5, 0.6) is 0 Å². The Morgan fingerprint density at radius 2 is 0.400 bits per heavy atom. The normalized spacial score (nSPS) is 11.6. The van der Waals surface area contributed by atoms with Crippen molar-refractivity contribution in [2.45, 2.75) is 219 Å². The number of hydrogen-bond donors (Lipinski definition) is 0. The third kappa shape index (κ3) is 43.8. The van der Waals surface area contributed by atoms with Gasteiger partial charge in [0.25, 0.3) is 0 Å². The van der Waals surface area contributed by atoms with Crippen LogP contribution in [0.4, 0.5) is 0 Å². The molecule has 272 valence electrons. The SMILES string of the molecule is CCCCCCCCCCCCCCCCCCOOCCOCCOOCCCCCCCCCCCCCCCCCC. The minimum absolute atomic E-state index is 0.457. The Labute approximate surface area is 282 Å². The predicted octanol–water partition coefficient (Wildman–Crippen LogP) is 13.4. The van der Waals surface area contributed by atoms with Gasteiger partial charge in [-0.3, -0.25) is 0 Å². The van der Waals surface area contributed by atoms with Crippen molar-refractivity contribution in [3.63, 3.8) is 0 Å². The summed E-state index contributed by atoms with van der Waals surface area (Å²) in [6.45, 7) is 7.88. The molecule has 0 aromatic rings. The molecule has 5 nitrogen and oxygen atoms in total. The van der Waals surface area contributed by atoms with Crippen molar-refractivity contribution in [1.82, 2.24) is 0 Å². The molecular formula is C40H82O5. The summed E-state index contributed by atoms with van der Waals surface area (Å²) in [5.41, 5.74) is 0. The van der Waals surface area contributed by atoms with E-state index in [0.29, 0.717) is 39.6 Å². The molecule has 0 radical (unpaired) electrons. The van der Waals surface area contributed by atoms with Gasteiger partial charge in [0.2, 0.25) is 0 Å². The Hall–Kier alpha value is -0.200. The van der Waals surface area contributed by atoms with Gasteiger partial charge in [-0.2, -0.15) is 0 Å². The fourth-order valence-electron chi connectivity index (χ4n) is 5.94. The standard InChI is InChI=1S/C40H82O5/c1-3-5-7-9-11-13-15-17-19-21-23-25-27-29-31-33-35-42-44-39-37-41-38-40-45-43-36-34-32-30-28-26-24-22-20-18-16-14-12-10-8-6-4-2/h3-40H2,1-2H3. The van der Waals surface area contributed by atoms with Crippen LogP contribution in [0.2, 0.25) is 0 Å². The van der Waals surface area contributed by atoms with E-state index in [1.54, 1.807) is 0 Å². The van der Waals surface area contributed by atoms with Gasteiger partial charge in [-0.05, 0) is 12.8 Å². The largest absolute Gasteiger partial charge is 0.376 e. The zero-order valence-electron chi connectivity index (χ0n) is 30.9. The molecule has 45 heavy (non-hydrogen) atoms. The second kappa shape index (κ2) is 43.8. The van der Waals surface area contributed by atoms with Crippen LogP contribution < -0.4 is 0 Å². The summed E-state index contributed by atoms with van der Waals surface area (Å²) >= 11 is 0. The maximum atomic E-state index is 5.50. The fourth-order valence-corrected chi connectivity index (χ4v) is 5.94. The molecule has 0 saturated carbocycles. The van der Waals surface area contributed by atoms with Gasteiger partial charge in [0.05, 0.1) is 26.4 Å². The smallest absolute Gasteiger partial charge is 0.106 e. The molecule has 0 amide bonds. The molecule has 0 bridgehead atoms. The van der Waals surface area contributed by atoms with Gasteiger partial charge in [0.15, 0.2) is 0 Å². The molecule has 0 saturated heterocycles. The lowest BCUT2D eigenvalue weighted by molar-refractivity contribution is -0.308. The highest BCUT2D eigenvalue weighted by atomic mass is 17.2. The van der Waals surface area contributed by atoms with Crippen LogP contribution in [0.1, 0.15) is 219 Å². The average Bonchev–Trinajstić information content (AvgIpc) is 3.05. The fraction of sp³-hybridized carbons (Fsp3) is 1.00. The van der Waals surface area contributed by atoms with Crippen LogP contribution in [0.25, 0.3) is 0 Å². The van der Waals surface area contributed by atoms with Gasteiger partial charge in [-0.1, -0.05) is 206 Å². The molecule has 0 unspecified atom stereocenters. The first kappa shape index (κ1) is 44.8. The van der Waals surface area contributed by atoms with Crippen molar-refractivity contribution in [3.05, 3.63) is 0 Å². The van der Waals surface area contributed by atoms with Gasteiger partial charge in [0, 0.05) is 0 Å². The van der Waals surface area contributed by atoms with E-state index in [4.69, 9.17) is 24.3 Å². The summed E-state index contributed by atoms with van der Waals surface area (Å²) in [7, 11) is 0. The zero-order valence-corrected chi connectivity index (χ0v) is 30.9. The van der Waals surface area contributed by atoms with Gasteiger partial charge < -0.3 is 4.74 Å².